The summed E-state index contributed by atoms with van der Waals surface area (Å²) in [6, 6.07) is 14.2. The van der Waals surface area contributed by atoms with E-state index >= 15 is 0 Å². The molecule has 0 spiro atoms. The summed E-state index contributed by atoms with van der Waals surface area (Å²) in [4.78, 5) is 30.8. The molecule has 0 fully saturated rings. The van der Waals surface area contributed by atoms with Gasteiger partial charge < -0.3 is 4.42 Å². The van der Waals surface area contributed by atoms with Gasteiger partial charge in [0.1, 0.15) is 16.2 Å². The van der Waals surface area contributed by atoms with Crippen molar-refractivity contribution in [1.29, 1.82) is 0 Å². The lowest BCUT2D eigenvalue weighted by atomic mass is 10.2. The van der Waals surface area contributed by atoms with Crippen LogP contribution in [-0.2, 0) is 0 Å². The Hall–Kier alpha value is -3.04. The minimum Gasteiger partial charge on any atom is -0.463 e. The number of rotatable bonds is 4. The van der Waals surface area contributed by atoms with Crippen molar-refractivity contribution in [1.82, 2.24) is 4.98 Å². The smallest absolute Gasteiger partial charge is 0.283 e. The Morgan fingerprint density at radius 2 is 1.97 bits per heavy atom. The summed E-state index contributed by atoms with van der Waals surface area (Å²) in [5.41, 5.74) is 2.40. The van der Waals surface area contributed by atoms with E-state index in [9.17, 15) is 9.59 Å². The van der Waals surface area contributed by atoms with Crippen LogP contribution in [-0.4, -0.2) is 17.1 Å². The maximum absolute atomic E-state index is 13.4. The number of carbonyl (C=O) groups excluding carboxylic acids is 1. The van der Waals surface area contributed by atoms with Crippen molar-refractivity contribution in [2.24, 2.45) is 5.10 Å². The Kier molecular flexibility index (Phi) is 5.76. The molecule has 3 heterocycles. The predicted octanol–water partition coefficient (Wildman–Crippen LogP) is 6.76. The number of carbonyl (C=O) groups is 1. The predicted molar refractivity (Wildman–Crippen MR) is 136 cm³/mol. The van der Waals surface area contributed by atoms with E-state index in [0.29, 0.717) is 20.4 Å². The lowest BCUT2D eigenvalue weighted by molar-refractivity contribution is 0.0988. The van der Waals surface area contributed by atoms with Gasteiger partial charge in [0, 0.05) is 0 Å². The van der Waals surface area contributed by atoms with Gasteiger partial charge in [0.25, 0.3) is 5.91 Å². The number of benzene rings is 2. The number of aromatic nitrogens is 1. The minimum atomic E-state index is -0.514. The molecule has 0 bridgehead atoms. The first-order valence-corrected chi connectivity index (χ1v) is 12.0. The topological polar surface area (TPSA) is 75.8 Å². The van der Waals surface area contributed by atoms with E-state index in [1.54, 1.807) is 24.3 Å². The number of para-hydroxylation sites is 1. The molecule has 5 aromatic rings. The normalized spacial score (nSPS) is 11.6. The highest BCUT2D eigenvalue weighted by molar-refractivity contribution is 7.22. The van der Waals surface area contributed by atoms with Gasteiger partial charge in [-0.1, -0.05) is 52.7 Å². The van der Waals surface area contributed by atoms with Crippen molar-refractivity contribution in [2.45, 2.75) is 6.92 Å². The van der Waals surface area contributed by atoms with Gasteiger partial charge in [0.15, 0.2) is 0 Å². The molecular formula is C23H13Cl2N3O3S2. The van der Waals surface area contributed by atoms with Crippen molar-refractivity contribution in [3.63, 3.8) is 0 Å². The fourth-order valence-electron chi connectivity index (χ4n) is 3.20. The number of anilines is 1. The quantitative estimate of drug-likeness (QED) is 0.196. The molecule has 0 aliphatic heterocycles. The molecule has 1 amide bonds. The van der Waals surface area contributed by atoms with Gasteiger partial charge in [-0.15, -0.1) is 11.3 Å². The van der Waals surface area contributed by atoms with E-state index < -0.39 is 5.91 Å². The highest BCUT2D eigenvalue weighted by Crippen LogP contribution is 2.35. The molecule has 10 heteroatoms. The number of amides is 1. The molecule has 0 radical (unpaired) electrons. The Morgan fingerprint density at radius 3 is 2.76 bits per heavy atom. The summed E-state index contributed by atoms with van der Waals surface area (Å²) in [6.45, 7) is 1.98. The molecule has 33 heavy (non-hydrogen) atoms. The molecule has 0 atom stereocenters. The number of halogens is 2. The third-order valence-electron chi connectivity index (χ3n) is 4.81. The van der Waals surface area contributed by atoms with Crippen molar-refractivity contribution in [3.05, 3.63) is 90.4 Å². The lowest BCUT2D eigenvalue weighted by Crippen LogP contribution is -2.26. The highest BCUT2D eigenvalue weighted by Gasteiger charge is 2.25. The summed E-state index contributed by atoms with van der Waals surface area (Å²) in [6.07, 6.45) is 2.60. The van der Waals surface area contributed by atoms with E-state index in [0.717, 1.165) is 32.1 Å². The Morgan fingerprint density at radius 1 is 1.15 bits per heavy atom. The summed E-state index contributed by atoms with van der Waals surface area (Å²) in [5.74, 6) is -0.514. The van der Waals surface area contributed by atoms with Gasteiger partial charge in [0.05, 0.1) is 37.3 Å². The maximum Gasteiger partial charge on any atom is 0.283 e. The van der Waals surface area contributed by atoms with E-state index in [4.69, 9.17) is 27.6 Å². The van der Waals surface area contributed by atoms with E-state index in [2.05, 4.69) is 10.1 Å². The number of hydrogen-bond acceptors (Lipinski definition) is 7. The van der Waals surface area contributed by atoms with E-state index in [-0.39, 0.29) is 20.9 Å². The molecule has 3 aromatic heterocycles. The number of nitrogens with zero attached hydrogens (tertiary/aromatic N) is 3. The van der Waals surface area contributed by atoms with Crippen LogP contribution in [0.1, 0.15) is 21.5 Å². The lowest BCUT2D eigenvalue weighted by Gasteiger charge is -2.13. The highest BCUT2D eigenvalue weighted by atomic mass is 35.5. The van der Waals surface area contributed by atoms with Gasteiger partial charge in [-0.2, -0.15) is 10.1 Å². The van der Waals surface area contributed by atoms with Gasteiger partial charge in [-0.05, 0) is 42.8 Å². The zero-order valence-corrected chi connectivity index (χ0v) is 20.1. The van der Waals surface area contributed by atoms with Crippen molar-refractivity contribution >= 4 is 84.3 Å². The third kappa shape index (κ3) is 4.18. The number of thiophene rings is 1. The van der Waals surface area contributed by atoms with Gasteiger partial charge in [0.2, 0.25) is 10.6 Å². The van der Waals surface area contributed by atoms with Crippen LogP contribution >= 0.6 is 45.9 Å². The Balaban J connectivity index is 1.62. The van der Waals surface area contributed by atoms with Crippen molar-refractivity contribution in [2.75, 3.05) is 5.01 Å². The van der Waals surface area contributed by atoms with Crippen LogP contribution < -0.4 is 10.4 Å². The monoisotopic (exact) mass is 513 g/mol. The van der Waals surface area contributed by atoms with Gasteiger partial charge >= 0.3 is 0 Å². The Labute approximate surface area is 205 Å². The van der Waals surface area contributed by atoms with Crippen LogP contribution in [0.3, 0.4) is 0 Å². The largest absolute Gasteiger partial charge is 0.463 e. The number of thiazole rings is 1. The average molecular weight is 514 g/mol. The van der Waals surface area contributed by atoms with E-state index in [1.165, 1.54) is 29.9 Å². The summed E-state index contributed by atoms with van der Waals surface area (Å²) >= 11 is 14.7. The first kappa shape index (κ1) is 21.8. The number of fused-ring (bicyclic) bond motifs is 2. The number of aryl methyl sites for hydroxylation is 1. The third-order valence-corrected chi connectivity index (χ3v) is 7.29. The number of hydrazone groups is 1. The summed E-state index contributed by atoms with van der Waals surface area (Å²) in [7, 11) is 0. The molecule has 0 N–H and O–H groups in total. The van der Waals surface area contributed by atoms with Crippen LogP contribution in [0.15, 0.2) is 69.1 Å². The standard InChI is InChI=1S/C23H13Cl2N3O3S2/c1-12-6-7-16-18(8-12)32-23(27-16)28(22(30)15-9-19(24)33-21(15)25)26-10-13-11-31-17-5-3-2-4-14(17)20(13)29/h2-11H,1H3/b26-10+. The molecule has 0 saturated heterocycles. The second-order valence-electron chi connectivity index (χ2n) is 7.08. The van der Waals surface area contributed by atoms with Crippen LogP contribution in [0.2, 0.25) is 8.67 Å². The molecular weight excluding hydrogens is 501 g/mol. The summed E-state index contributed by atoms with van der Waals surface area (Å²) in [5, 5.41) is 6.20. The van der Waals surface area contributed by atoms with Crippen LogP contribution in [0.4, 0.5) is 5.13 Å². The zero-order chi connectivity index (χ0) is 23.1. The average Bonchev–Trinajstić information content (AvgIpc) is 3.37. The first-order chi connectivity index (χ1) is 15.9. The molecule has 6 nitrogen and oxygen atoms in total. The summed E-state index contributed by atoms with van der Waals surface area (Å²) < 4.78 is 7.07. The van der Waals surface area contributed by atoms with E-state index in [1.807, 2.05) is 25.1 Å². The SMILES string of the molecule is Cc1ccc2nc(N(/N=C/c3coc4ccccc4c3=O)C(=O)c3cc(Cl)sc3Cl)sc2c1. The second-order valence-corrected chi connectivity index (χ2v) is 10.4. The molecule has 2 aromatic carbocycles. The molecule has 0 aliphatic carbocycles. The molecule has 0 saturated carbocycles. The second kappa shape index (κ2) is 8.72. The van der Waals surface area contributed by atoms with Crippen LogP contribution in [0.25, 0.3) is 21.2 Å². The molecule has 5 rings (SSSR count). The molecule has 0 unspecified atom stereocenters. The van der Waals surface area contributed by atoms with Crippen LogP contribution in [0.5, 0.6) is 0 Å². The fourth-order valence-corrected chi connectivity index (χ4v) is 5.67. The maximum atomic E-state index is 13.4. The van der Waals surface area contributed by atoms with Crippen molar-refractivity contribution < 1.29 is 9.21 Å². The minimum absolute atomic E-state index is 0.193. The first-order valence-electron chi connectivity index (χ1n) is 9.62. The van der Waals surface area contributed by atoms with Crippen molar-refractivity contribution in [3.8, 4) is 0 Å². The van der Waals surface area contributed by atoms with Crippen LogP contribution in [0, 0.1) is 6.92 Å². The molecule has 164 valence electrons. The number of hydrogen-bond donors (Lipinski definition) is 0. The van der Waals surface area contributed by atoms with Gasteiger partial charge in [-0.25, -0.2) is 4.98 Å². The zero-order valence-electron chi connectivity index (χ0n) is 16.9. The Bertz CT molecular complexity index is 1620. The molecule has 0 aliphatic rings. The fraction of sp³-hybridized carbons (Fsp3) is 0.0435. The van der Waals surface area contributed by atoms with Gasteiger partial charge in [-0.3, -0.25) is 9.59 Å².